The van der Waals surface area contributed by atoms with Crippen LogP contribution in [0, 0.1) is 0 Å². The lowest BCUT2D eigenvalue weighted by Gasteiger charge is -2.37. The Balaban J connectivity index is 1.73. The zero-order valence-electron chi connectivity index (χ0n) is 11.6. The molecular formula is C14H23NO4. The molecule has 0 amide bonds. The van der Waals surface area contributed by atoms with Crippen LogP contribution in [-0.4, -0.2) is 55.1 Å². The first kappa shape index (κ1) is 14.5. The van der Waals surface area contributed by atoms with Gasteiger partial charge >= 0.3 is 5.97 Å². The molecule has 1 saturated heterocycles. The van der Waals surface area contributed by atoms with Crippen LogP contribution >= 0.6 is 0 Å². The molecule has 0 bridgehead atoms. The lowest BCUT2D eigenvalue weighted by atomic mass is 10.1. The Bertz CT molecular complexity index is 331. The summed E-state index contributed by atoms with van der Waals surface area (Å²) in [6.07, 6.45) is 4.21. The van der Waals surface area contributed by atoms with E-state index in [1.54, 1.807) is 6.92 Å². The lowest BCUT2D eigenvalue weighted by Crippen LogP contribution is -2.50. The molecule has 19 heavy (non-hydrogen) atoms. The van der Waals surface area contributed by atoms with Crippen LogP contribution in [-0.2, 0) is 19.1 Å². The predicted octanol–water partition coefficient (Wildman–Crippen LogP) is 1.15. The van der Waals surface area contributed by atoms with Crippen LogP contribution in [0.25, 0.3) is 0 Å². The van der Waals surface area contributed by atoms with Crippen LogP contribution in [0.2, 0.25) is 0 Å². The van der Waals surface area contributed by atoms with E-state index in [0.717, 1.165) is 19.4 Å². The second-order valence-corrected chi connectivity index (χ2v) is 5.22. The highest BCUT2D eigenvalue weighted by Gasteiger charge is 2.36. The maximum Gasteiger partial charge on any atom is 0.306 e. The van der Waals surface area contributed by atoms with Gasteiger partial charge in [0, 0.05) is 19.0 Å². The molecule has 1 aliphatic heterocycles. The van der Waals surface area contributed by atoms with E-state index in [-0.39, 0.29) is 24.6 Å². The molecule has 0 aromatic rings. The van der Waals surface area contributed by atoms with Gasteiger partial charge in [-0.25, -0.2) is 0 Å². The van der Waals surface area contributed by atoms with Gasteiger partial charge in [-0.15, -0.1) is 0 Å². The molecule has 5 heteroatoms. The van der Waals surface area contributed by atoms with Crippen molar-refractivity contribution in [2.45, 2.75) is 51.2 Å². The van der Waals surface area contributed by atoms with Gasteiger partial charge in [0.15, 0.2) is 0 Å². The Labute approximate surface area is 114 Å². The summed E-state index contributed by atoms with van der Waals surface area (Å²) in [5.41, 5.74) is 0. The van der Waals surface area contributed by atoms with Crippen molar-refractivity contribution in [3.63, 3.8) is 0 Å². The normalized spacial score (nSPS) is 27.0. The first-order valence-electron chi connectivity index (χ1n) is 7.23. The van der Waals surface area contributed by atoms with Gasteiger partial charge in [-0.3, -0.25) is 14.5 Å². The first-order chi connectivity index (χ1) is 9.20. The molecule has 2 rings (SSSR count). The quantitative estimate of drug-likeness (QED) is 0.677. The Morgan fingerprint density at radius 2 is 2.16 bits per heavy atom. The Kier molecular flexibility index (Phi) is 5.34. The summed E-state index contributed by atoms with van der Waals surface area (Å²) < 4.78 is 10.5. The van der Waals surface area contributed by atoms with Crippen molar-refractivity contribution >= 4 is 11.8 Å². The number of carbonyl (C=O) groups excluding carboxylic acids is 2. The van der Waals surface area contributed by atoms with Crippen LogP contribution in [0.1, 0.15) is 39.0 Å². The van der Waals surface area contributed by atoms with Crippen LogP contribution < -0.4 is 0 Å². The molecule has 0 N–H and O–H groups in total. The molecule has 1 aliphatic carbocycles. The van der Waals surface area contributed by atoms with Gasteiger partial charge in [-0.1, -0.05) is 0 Å². The molecule has 0 aromatic carbocycles. The standard InChI is InChI=1S/C14H23NO4/c1-2-18-14(17)7-6-11(16)10-15-8-9-19-13-5-3-4-12(13)15/h12-13H,2-10H2,1H3. The van der Waals surface area contributed by atoms with Crippen LogP contribution in [0.4, 0.5) is 0 Å². The van der Waals surface area contributed by atoms with Crippen LogP contribution in [0.3, 0.4) is 0 Å². The minimum Gasteiger partial charge on any atom is -0.466 e. The number of ketones is 1. The van der Waals surface area contributed by atoms with E-state index < -0.39 is 0 Å². The minimum absolute atomic E-state index is 0.126. The molecule has 2 unspecified atom stereocenters. The number of carbonyl (C=O) groups is 2. The van der Waals surface area contributed by atoms with Gasteiger partial charge in [0.25, 0.3) is 0 Å². The van der Waals surface area contributed by atoms with Crippen molar-refractivity contribution in [2.24, 2.45) is 0 Å². The monoisotopic (exact) mass is 269 g/mol. The molecule has 0 spiro atoms. The fraction of sp³-hybridized carbons (Fsp3) is 0.857. The van der Waals surface area contributed by atoms with Gasteiger partial charge in [0.2, 0.25) is 0 Å². The van der Waals surface area contributed by atoms with Gasteiger partial charge in [-0.2, -0.15) is 0 Å². The summed E-state index contributed by atoms with van der Waals surface area (Å²) in [5.74, 6) is -0.155. The van der Waals surface area contributed by atoms with E-state index in [9.17, 15) is 9.59 Å². The minimum atomic E-state index is -0.281. The predicted molar refractivity (Wildman–Crippen MR) is 69.8 cm³/mol. The second kappa shape index (κ2) is 7.01. The maximum absolute atomic E-state index is 11.9. The van der Waals surface area contributed by atoms with Crippen molar-refractivity contribution < 1.29 is 19.1 Å². The number of fused-ring (bicyclic) bond motifs is 1. The Morgan fingerprint density at radius 1 is 1.32 bits per heavy atom. The SMILES string of the molecule is CCOC(=O)CCC(=O)CN1CCOC2CCCC21. The van der Waals surface area contributed by atoms with Crippen LogP contribution in [0.15, 0.2) is 0 Å². The summed E-state index contributed by atoms with van der Waals surface area (Å²) in [6.45, 7) is 4.14. The molecule has 1 saturated carbocycles. The van der Waals surface area contributed by atoms with Gasteiger partial charge < -0.3 is 9.47 Å². The smallest absolute Gasteiger partial charge is 0.306 e. The Hall–Kier alpha value is -0.940. The fourth-order valence-corrected chi connectivity index (χ4v) is 2.98. The number of esters is 1. The second-order valence-electron chi connectivity index (χ2n) is 5.22. The van der Waals surface area contributed by atoms with E-state index in [2.05, 4.69) is 4.90 Å². The third kappa shape index (κ3) is 4.01. The first-order valence-corrected chi connectivity index (χ1v) is 7.23. The molecule has 0 radical (unpaired) electrons. The largest absolute Gasteiger partial charge is 0.466 e. The number of morpholine rings is 1. The highest BCUT2D eigenvalue weighted by atomic mass is 16.5. The zero-order valence-corrected chi connectivity index (χ0v) is 11.6. The van der Waals surface area contributed by atoms with E-state index >= 15 is 0 Å². The topological polar surface area (TPSA) is 55.8 Å². The Morgan fingerprint density at radius 3 is 2.95 bits per heavy atom. The number of nitrogens with zero attached hydrogens (tertiary/aromatic N) is 1. The lowest BCUT2D eigenvalue weighted by molar-refractivity contribution is -0.144. The third-order valence-corrected chi connectivity index (χ3v) is 3.89. The highest BCUT2D eigenvalue weighted by Crippen LogP contribution is 2.29. The average Bonchev–Trinajstić information content (AvgIpc) is 2.86. The maximum atomic E-state index is 11.9. The average molecular weight is 269 g/mol. The summed E-state index contributed by atoms with van der Waals surface area (Å²) >= 11 is 0. The van der Waals surface area contributed by atoms with Crippen molar-refractivity contribution in [3.05, 3.63) is 0 Å². The van der Waals surface area contributed by atoms with E-state index in [1.165, 1.54) is 6.42 Å². The summed E-state index contributed by atoms with van der Waals surface area (Å²) in [4.78, 5) is 25.4. The number of Topliss-reactive ketones (excluding diaryl/α,β-unsaturated/α-hetero) is 1. The molecule has 2 fully saturated rings. The van der Waals surface area contributed by atoms with Gasteiger partial charge in [0.05, 0.1) is 32.3 Å². The number of ether oxygens (including phenoxy) is 2. The van der Waals surface area contributed by atoms with Gasteiger partial charge in [-0.05, 0) is 26.2 Å². The number of rotatable bonds is 6. The van der Waals surface area contributed by atoms with Crippen LogP contribution in [0.5, 0.6) is 0 Å². The summed E-state index contributed by atoms with van der Waals surface area (Å²) in [7, 11) is 0. The molecule has 5 nitrogen and oxygen atoms in total. The van der Waals surface area contributed by atoms with Crippen molar-refractivity contribution in [3.8, 4) is 0 Å². The molecule has 108 valence electrons. The zero-order chi connectivity index (χ0) is 13.7. The number of hydrogen-bond acceptors (Lipinski definition) is 5. The van der Waals surface area contributed by atoms with Crippen molar-refractivity contribution in [1.82, 2.24) is 4.90 Å². The van der Waals surface area contributed by atoms with E-state index in [1.807, 2.05) is 0 Å². The summed E-state index contributed by atoms with van der Waals surface area (Å²) in [5, 5.41) is 0. The van der Waals surface area contributed by atoms with E-state index in [4.69, 9.17) is 9.47 Å². The number of hydrogen-bond donors (Lipinski definition) is 0. The third-order valence-electron chi connectivity index (χ3n) is 3.89. The molecule has 1 heterocycles. The van der Waals surface area contributed by atoms with Gasteiger partial charge in [0.1, 0.15) is 5.78 Å². The van der Waals surface area contributed by atoms with Crippen molar-refractivity contribution in [2.75, 3.05) is 26.3 Å². The van der Waals surface area contributed by atoms with E-state index in [0.29, 0.717) is 31.9 Å². The van der Waals surface area contributed by atoms with Crippen molar-refractivity contribution in [1.29, 1.82) is 0 Å². The molecule has 2 atom stereocenters. The molecule has 0 aromatic heterocycles. The highest BCUT2D eigenvalue weighted by molar-refractivity contribution is 5.84. The molecular weight excluding hydrogens is 246 g/mol. The fourth-order valence-electron chi connectivity index (χ4n) is 2.98. The molecule has 2 aliphatic rings. The summed E-state index contributed by atoms with van der Waals surface area (Å²) in [6, 6.07) is 0.403.